The second-order valence-corrected chi connectivity index (χ2v) is 7.56. The van der Waals surface area contributed by atoms with Crippen LogP contribution in [0.5, 0.6) is 0 Å². The first-order valence-electron chi connectivity index (χ1n) is 8.46. The van der Waals surface area contributed by atoms with Gasteiger partial charge in [-0.1, -0.05) is 32.9 Å². The van der Waals surface area contributed by atoms with Gasteiger partial charge >= 0.3 is 0 Å². The number of quaternary nitrogens is 1. The summed E-state index contributed by atoms with van der Waals surface area (Å²) in [5, 5.41) is 9.41. The predicted molar refractivity (Wildman–Crippen MR) is 94.2 cm³/mol. The molecule has 0 unspecified atom stereocenters. The second-order valence-electron chi connectivity index (χ2n) is 7.56. The Kier molecular flexibility index (Phi) is 4.33. The summed E-state index contributed by atoms with van der Waals surface area (Å²) in [6.07, 6.45) is 0. The number of hydrogen-bond donors (Lipinski definition) is 1. The molecule has 3 rings (SSSR count). The molecule has 0 atom stereocenters. The van der Waals surface area contributed by atoms with Crippen LogP contribution in [0.3, 0.4) is 0 Å². The van der Waals surface area contributed by atoms with Crippen LogP contribution in [0, 0.1) is 11.3 Å². The van der Waals surface area contributed by atoms with Crippen molar-refractivity contribution in [2.75, 3.05) is 38.1 Å². The molecule has 5 heteroatoms. The Bertz CT molecular complexity index is 741. The van der Waals surface area contributed by atoms with Crippen molar-refractivity contribution < 1.29 is 9.32 Å². The SMILES string of the molecule is C[NH+]1CCN(c2oc(-c3ccc(C(C)(C)C)cc3)nc2C#N)CC1. The van der Waals surface area contributed by atoms with Crippen LogP contribution in [0.2, 0.25) is 0 Å². The van der Waals surface area contributed by atoms with Gasteiger partial charge in [0.2, 0.25) is 17.5 Å². The average molecular weight is 325 g/mol. The Balaban J connectivity index is 1.89. The van der Waals surface area contributed by atoms with Gasteiger partial charge in [-0.25, -0.2) is 0 Å². The largest absolute Gasteiger partial charge is 0.419 e. The molecule has 1 saturated heterocycles. The summed E-state index contributed by atoms with van der Waals surface area (Å²) in [7, 11) is 2.19. The number of rotatable bonds is 2. The number of nitrogens with zero attached hydrogens (tertiary/aromatic N) is 3. The summed E-state index contributed by atoms with van der Waals surface area (Å²) in [6, 6.07) is 10.4. The first-order valence-corrected chi connectivity index (χ1v) is 8.46. The molecule has 0 amide bonds. The lowest BCUT2D eigenvalue weighted by atomic mass is 9.87. The minimum atomic E-state index is 0.111. The van der Waals surface area contributed by atoms with Gasteiger partial charge in [0, 0.05) is 5.56 Å². The second kappa shape index (κ2) is 6.29. The molecule has 0 aliphatic carbocycles. The van der Waals surface area contributed by atoms with E-state index in [1.807, 2.05) is 12.1 Å². The van der Waals surface area contributed by atoms with E-state index in [1.54, 1.807) is 0 Å². The molecule has 24 heavy (non-hydrogen) atoms. The van der Waals surface area contributed by atoms with Gasteiger partial charge in [-0.15, -0.1) is 0 Å². The minimum Gasteiger partial charge on any atom is -0.419 e. The van der Waals surface area contributed by atoms with Crippen molar-refractivity contribution in [3.8, 4) is 17.5 Å². The van der Waals surface area contributed by atoms with E-state index < -0.39 is 0 Å². The zero-order valence-corrected chi connectivity index (χ0v) is 14.9. The maximum atomic E-state index is 9.41. The first-order chi connectivity index (χ1) is 11.4. The molecule has 1 aromatic carbocycles. The number of piperazine rings is 1. The van der Waals surface area contributed by atoms with Crippen LogP contribution >= 0.6 is 0 Å². The average Bonchev–Trinajstić information content (AvgIpc) is 2.99. The molecule has 1 aromatic heterocycles. The lowest BCUT2D eigenvalue weighted by Gasteiger charge is -2.29. The van der Waals surface area contributed by atoms with E-state index in [1.165, 1.54) is 10.5 Å². The third-order valence-corrected chi connectivity index (χ3v) is 4.62. The van der Waals surface area contributed by atoms with Gasteiger partial charge in [-0.2, -0.15) is 10.2 Å². The molecule has 0 radical (unpaired) electrons. The van der Waals surface area contributed by atoms with E-state index in [0.717, 1.165) is 31.7 Å². The predicted octanol–water partition coefficient (Wildman–Crippen LogP) is 1.85. The van der Waals surface area contributed by atoms with E-state index in [2.05, 4.69) is 55.9 Å². The molecule has 0 bridgehead atoms. The molecule has 1 N–H and O–H groups in total. The fourth-order valence-corrected chi connectivity index (χ4v) is 2.93. The molecule has 126 valence electrons. The number of oxazole rings is 1. The Morgan fingerprint density at radius 3 is 2.33 bits per heavy atom. The zero-order chi connectivity index (χ0) is 17.3. The standard InChI is InChI=1S/C19H24N4O/c1-19(2,3)15-7-5-14(6-8-15)17-21-16(13-20)18(24-17)23-11-9-22(4)10-12-23/h5-8H,9-12H2,1-4H3/p+1. The molecule has 1 aliphatic heterocycles. The van der Waals surface area contributed by atoms with Crippen molar-refractivity contribution in [1.82, 2.24) is 4.98 Å². The number of nitrogens with one attached hydrogen (secondary N) is 1. The number of benzene rings is 1. The van der Waals surface area contributed by atoms with Crippen molar-refractivity contribution in [2.24, 2.45) is 0 Å². The minimum absolute atomic E-state index is 0.111. The van der Waals surface area contributed by atoms with Crippen molar-refractivity contribution in [1.29, 1.82) is 5.26 Å². The highest BCUT2D eigenvalue weighted by Crippen LogP contribution is 2.30. The number of aromatic nitrogens is 1. The maximum absolute atomic E-state index is 9.41. The van der Waals surface area contributed by atoms with E-state index >= 15 is 0 Å². The van der Waals surface area contributed by atoms with E-state index in [9.17, 15) is 5.26 Å². The van der Waals surface area contributed by atoms with E-state index in [0.29, 0.717) is 17.5 Å². The molecule has 0 saturated carbocycles. The Hall–Kier alpha value is -2.32. The number of hydrogen-bond acceptors (Lipinski definition) is 4. The molecule has 1 aliphatic rings. The van der Waals surface area contributed by atoms with Gasteiger partial charge < -0.3 is 14.2 Å². The quantitative estimate of drug-likeness (QED) is 0.915. The lowest BCUT2D eigenvalue weighted by Crippen LogP contribution is -3.12. The normalized spacial score (nSPS) is 16.2. The number of nitriles is 1. The Labute approximate surface area is 143 Å². The van der Waals surface area contributed by atoms with E-state index in [4.69, 9.17) is 4.42 Å². The highest BCUT2D eigenvalue weighted by molar-refractivity contribution is 5.60. The summed E-state index contributed by atoms with van der Waals surface area (Å²) in [5.41, 5.74) is 2.66. The van der Waals surface area contributed by atoms with Crippen LogP contribution in [0.15, 0.2) is 28.7 Å². The molecular weight excluding hydrogens is 300 g/mol. The van der Waals surface area contributed by atoms with Gasteiger partial charge in [0.05, 0.1) is 33.2 Å². The first kappa shape index (κ1) is 16.5. The van der Waals surface area contributed by atoms with Crippen LogP contribution in [0.4, 0.5) is 5.88 Å². The molecule has 1 fully saturated rings. The van der Waals surface area contributed by atoms with Crippen LogP contribution in [-0.4, -0.2) is 38.2 Å². The molecule has 5 nitrogen and oxygen atoms in total. The van der Waals surface area contributed by atoms with Gasteiger partial charge in [-0.3, -0.25) is 0 Å². The monoisotopic (exact) mass is 325 g/mol. The summed E-state index contributed by atoms with van der Waals surface area (Å²) in [6.45, 7) is 10.4. The van der Waals surface area contributed by atoms with Gasteiger partial charge in [-0.05, 0) is 23.1 Å². The van der Waals surface area contributed by atoms with Crippen molar-refractivity contribution in [3.05, 3.63) is 35.5 Å². The highest BCUT2D eigenvalue weighted by Gasteiger charge is 2.25. The Morgan fingerprint density at radius 2 is 1.79 bits per heavy atom. The van der Waals surface area contributed by atoms with Gasteiger partial charge in [0.25, 0.3) is 0 Å². The van der Waals surface area contributed by atoms with Crippen molar-refractivity contribution >= 4 is 5.88 Å². The molecule has 2 heterocycles. The fourth-order valence-electron chi connectivity index (χ4n) is 2.93. The summed E-state index contributed by atoms with van der Waals surface area (Å²) in [4.78, 5) is 8.04. The summed E-state index contributed by atoms with van der Waals surface area (Å²) < 4.78 is 5.97. The summed E-state index contributed by atoms with van der Waals surface area (Å²) in [5.74, 6) is 1.13. The van der Waals surface area contributed by atoms with Crippen LogP contribution in [-0.2, 0) is 5.41 Å². The molecular formula is C19H25N4O+. The molecule has 2 aromatic rings. The van der Waals surface area contributed by atoms with E-state index in [-0.39, 0.29) is 5.41 Å². The molecule has 0 spiro atoms. The third-order valence-electron chi connectivity index (χ3n) is 4.62. The van der Waals surface area contributed by atoms with Crippen LogP contribution in [0.25, 0.3) is 11.5 Å². The van der Waals surface area contributed by atoms with Gasteiger partial charge in [0.1, 0.15) is 6.07 Å². The number of anilines is 1. The van der Waals surface area contributed by atoms with Crippen LogP contribution in [0.1, 0.15) is 32.0 Å². The maximum Gasteiger partial charge on any atom is 0.235 e. The van der Waals surface area contributed by atoms with Crippen LogP contribution < -0.4 is 9.80 Å². The highest BCUT2D eigenvalue weighted by atomic mass is 16.4. The third kappa shape index (κ3) is 3.29. The Morgan fingerprint density at radius 1 is 1.17 bits per heavy atom. The smallest absolute Gasteiger partial charge is 0.235 e. The van der Waals surface area contributed by atoms with Gasteiger partial charge in [0.15, 0.2) is 0 Å². The lowest BCUT2D eigenvalue weighted by molar-refractivity contribution is -0.880. The zero-order valence-electron chi connectivity index (χ0n) is 14.9. The fraction of sp³-hybridized carbons (Fsp3) is 0.474. The van der Waals surface area contributed by atoms with Crippen molar-refractivity contribution in [2.45, 2.75) is 26.2 Å². The topological polar surface area (TPSA) is 57.5 Å². The number of likely N-dealkylation sites (N-methyl/N-ethyl adjacent to an activating group) is 1. The summed E-state index contributed by atoms with van der Waals surface area (Å²) >= 11 is 0. The van der Waals surface area contributed by atoms with Crippen molar-refractivity contribution in [3.63, 3.8) is 0 Å².